The minimum absolute atomic E-state index is 0.102. The Bertz CT molecular complexity index is 579. The Labute approximate surface area is 118 Å². The number of benzene rings is 1. The number of nitrogens with two attached hydrogens (primary N) is 1. The Balaban J connectivity index is 1.88. The number of hydrogen-bond acceptors (Lipinski definition) is 4. The summed E-state index contributed by atoms with van der Waals surface area (Å²) in [5.74, 6) is 0.727. The van der Waals surface area contributed by atoms with Gasteiger partial charge in [0.15, 0.2) is 0 Å². The van der Waals surface area contributed by atoms with E-state index in [1.54, 1.807) is 6.26 Å². The van der Waals surface area contributed by atoms with E-state index in [1.165, 1.54) is 0 Å². The molecule has 1 amide bonds. The number of rotatable bonds is 5. The standard InChI is InChI=1S/C15H19N3O2/c1-11-5-6-14(13(16)8-11)17-15(19)10-18(2)9-12-4-3-7-20-12/h3-8H,9-10,16H2,1-2H3,(H,17,19). The highest BCUT2D eigenvalue weighted by atomic mass is 16.3. The minimum atomic E-state index is -0.102. The molecule has 2 aromatic rings. The molecule has 1 aromatic heterocycles. The molecule has 0 saturated carbocycles. The number of nitrogens with one attached hydrogen (secondary N) is 1. The first-order valence-corrected chi connectivity index (χ1v) is 6.41. The zero-order chi connectivity index (χ0) is 14.5. The molecule has 5 heteroatoms. The van der Waals surface area contributed by atoms with Gasteiger partial charge in [-0.3, -0.25) is 9.69 Å². The zero-order valence-corrected chi connectivity index (χ0v) is 11.7. The molecule has 0 radical (unpaired) electrons. The van der Waals surface area contributed by atoms with Crippen molar-refractivity contribution in [1.82, 2.24) is 4.90 Å². The third kappa shape index (κ3) is 3.86. The van der Waals surface area contributed by atoms with Gasteiger partial charge in [-0.15, -0.1) is 0 Å². The van der Waals surface area contributed by atoms with E-state index in [-0.39, 0.29) is 12.5 Å². The highest BCUT2D eigenvalue weighted by molar-refractivity contribution is 5.95. The summed E-state index contributed by atoms with van der Waals surface area (Å²) in [7, 11) is 1.86. The predicted molar refractivity (Wildman–Crippen MR) is 79.3 cm³/mol. The van der Waals surface area contributed by atoms with Gasteiger partial charge in [0.1, 0.15) is 5.76 Å². The maximum atomic E-state index is 11.9. The van der Waals surface area contributed by atoms with Crippen LogP contribution in [0, 0.1) is 6.92 Å². The highest BCUT2D eigenvalue weighted by Gasteiger charge is 2.10. The number of amides is 1. The van der Waals surface area contributed by atoms with Crippen LogP contribution in [0.5, 0.6) is 0 Å². The number of nitrogens with zero attached hydrogens (tertiary/aromatic N) is 1. The van der Waals surface area contributed by atoms with Crippen LogP contribution in [-0.2, 0) is 11.3 Å². The predicted octanol–water partition coefficient (Wildman–Crippen LogP) is 2.24. The monoisotopic (exact) mass is 273 g/mol. The molecule has 0 unspecified atom stereocenters. The second kappa shape index (κ2) is 6.25. The lowest BCUT2D eigenvalue weighted by molar-refractivity contribution is -0.117. The molecule has 1 heterocycles. The largest absolute Gasteiger partial charge is 0.468 e. The average molecular weight is 273 g/mol. The Hall–Kier alpha value is -2.27. The first-order valence-electron chi connectivity index (χ1n) is 6.41. The van der Waals surface area contributed by atoms with Gasteiger partial charge in [-0.05, 0) is 43.8 Å². The number of aryl methyl sites for hydroxylation is 1. The molecular weight excluding hydrogens is 254 g/mol. The summed E-state index contributed by atoms with van der Waals surface area (Å²) >= 11 is 0. The van der Waals surface area contributed by atoms with Crippen LogP contribution in [0.4, 0.5) is 11.4 Å². The Morgan fingerprint density at radius 1 is 1.40 bits per heavy atom. The molecule has 3 N–H and O–H groups in total. The van der Waals surface area contributed by atoms with E-state index in [1.807, 2.05) is 49.2 Å². The van der Waals surface area contributed by atoms with Crippen molar-refractivity contribution >= 4 is 17.3 Å². The molecule has 2 rings (SSSR count). The number of nitrogen functional groups attached to an aromatic ring is 1. The van der Waals surface area contributed by atoms with Crippen molar-refractivity contribution in [2.24, 2.45) is 0 Å². The van der Waals surface area contributed by atoms with Crippen molar-refractivity contribution < 1.29 is 9.21 Å². The fraction of sp³-hybridized carbons (Fsp3) is 0.267. The topological polar surface area (TPSA) is 71.5 Å². The normalized spacial score (nSPS) is 10.8. The van der Waals surface area contributed by atoms with Crippen LogP contribution in [-0.4, -0.2) is 24.4 Å². The summed E-state index contributed by atoms with van der Waals surface area (Å²) in [6.45, 7) is 2.82. The van der Waals surface area contributed by atoms with Crippen LogP contribution in [0.15, 0.2) is 41.0 Å². The van der Waals surface area contributed by atoms with Crippen molar-refractivity contribution in [2.45, 2.75) is 13.5 Å². The van der Waals surface area contributed by atoms with E-state index < -0.39 is 0 Å². The summed E-state index contributed by atoms with van der Waals surface area (Å²) in [5, 5.41) is 2.81. The first kappa shape index (κ1) is 14.1. The van der Waals surface area contributed by atoms with Gasteiger partial charge in [-0.25, -0.2) is 0 Å². The van der Waals surface area contributed by atoms with Crippen LogP contribution in [0.25, 0.3) is 0 Å². The van der Waals surface area contributed by atoms with E-state index in [9.17, 15) is 4.79 Å². The molecular formula is C15H19N3O2. The number of anilines is 2. The Morgan fingerprint density at radius 3 is 2.85 bits per heavy atom. The number of carbonyl (C=O) groups is 1. The van der Waals surface area contributed by atoms with Crippen molar-refractivity contribution in [1.29, 1.82) is 0 Å². The minimum Gasteiger partial charge on any atom is -0.468 e. The molecule has 0 aliphatic heterocycles. The van der Waals surface area contributed by atoms with Gasteiger partial charge >= 0.3 is 0 Å². The van der Waals surface area contributed by atoms with Gasteiger partial charge in [-0.1, -0.05) is 6.07 Å². The Morgan fingerprint density at radius 2 is 2.20 bits per heavy atom. The Kier molecular flexibility index (Phi) is 4.42. The van der Waals surface area contributed by atoms with Gasteiger partial charge < -0.3 is 15.5 Å². The van der Waals surface area contributed by atoms with Crippen LogP contribution >= 0.6 is 0 Å². The third-order valence-electron chi connectivity index (χ3n) is 2.90. The summed E-state index contributed by atoms with van der Waals surface area (Å²) in [6, 6.07) is 9.28. The molecule has 106 valence electrons. The maximum absolute atomic E-state index is 11.9. The fourth-order valence-corrected chi connectivity index (χ4v) is 1.96. The maximum Gasteiger partial charge on any atom is 0.238 e. The van der Waals surface area contributed by atoms with Gasteiger partial charge in [-0.2, -0.15) is 0 Å². The quantitative estimate of drug-likeness (QED) is 0.820. The summed E-state index contributed by atoms with van der Waals surface area (Å²) < 4.78 is 5.24. The van der Waals surface area contributed by atoms with Crippen LogP contribution in [0.2, 0.25) is 0 Å². The van der Waals surface area contributed by atoms with Gasteiger partial charge in [0.25, 0.3) is 0 Å². The molecule has 5 nitrogen and oxygen atoms in total. The lowest BCUT2D eigenvalue weighted by Gasteiger charge is -2.15. The summed E-state index contributed by atoms with van der Waals surface area (Å²) in [6.07, 6.45) is 1.62. The molecule has 0 aliphatic carbocycles. The number of hydrogen-bond donors (Lipinski definition) is 2. The summed E-state index contributed by atoms with van der Waals surface area (Å²) in [4.78, 5) is 13.8. The second-order valence-electron chi connectivity index (χ2n) is 4.89. The number of carbonyl (C=O) groups excluding carboxylic acids is 1. The SMILES string of the molecule is Cc1ccc(NC(=O)CN(C)Cc2ccco2)c(N)c1. The molecule has 1 aromatic carbocycles. The zero-order valence-electron chi connectivity index (χ0n) is 11.7. The van der Waals surface area contributed by atoms with Crippen LogP contribution in [0.1, 0.15) is 11.3 Å². The number of likely N-dealkylation sites (N-methyl/N-ethyl adjacent to an activating group) is 1. The smallest absolute Gasteiger partial charge is 0.238 e. The van der Waals surface area contributed by atoms with Crippen LogP contribution in [0.3, 0.4) is 0 Å². The van der Waals surface area contributed by atoms with Crippen molar-refractivity contribution in [3.63, 3.8) is 0 Å². The van der Waals surface area contributed by atoms with Gasteiger partial charge in [0.05, 0.1) is 30.7 Å². The fourth-order valence-electron chi connectivity index (χ4n) is 1.96. The second-order valence-corrected chi connectivity index (χ2v) is 4.89. The molecule has 0 atom stereocenters. The molecule has 0 aliphatic rings. The molecule has 20 heavy (non-hydrogen) atoms. The molecule has 0 fully saturated rings. The van der Waals surface area contributed by atoms with Crippen molar-refractivity contribution in [3.8, 4) is 0 Å². The lowest BCUT2D eigenvalue weighted by Crippen LogP contribution is -2.29. The number of furan rings is 1. The van der Waals surface area contributed by atoms with E-state index in [4.69, 9.17) is 10.2 Å². The lowest BCUT2D eigenvalue weighted by atomic mass is 10.2. The molecule has 0 spiro atoms. The van der Waals surface area contributed by atoms with Crippen molar-refractivity contribution in [3.05, 3.63) is 47.9 Å². The molecule has 0 saturated heterocycles. The van der Waals surface area contributed by atoms with E-state index in [0.717, 1.165) is 11.3 Å². The molecule has 0 bridgehead atoms. The average Bonchev–Trinajstić information content (AvgIpc) is 2.85. The van der Waals surface area contributed by atoms with E-state index >= 15 is 0 Å². The third-order valence-corrected chi connectivity index (χ3v) is 2.90. The van der Waals surface area contributed by atoms with E-state index in [2.05, 4.69) is 5.32 Å². The van der Waals surface area contributed by atoms with E-state index in [0.29, 0.717) is 17.9 Å². The summed E-state index contributed by atoms with van der Waals surface area (Å²) in [5.41, 5.74) is 8.15. The highest BCUT2D eigenvalue weighted by Crippen LogP contribution is 2.19. The van der Waals surface area contributed by atoms with Gasteiger partial charge in [0, 0.05) is 0 Å². The van der Waals surface area contributed by atoms with Gasteiger partial charge in [0.2, 0.25) is 5.91 Å². The van der Waals surface area contributed by atoms with Crippen molar-refractivity contribution in [2.75, 3.05) is 24.6 Å². The van der Waals surface area contributed by atoms with Crippen LogP contribution < -0.4 is 11.1 Å². The first-order chi connectivity index (χ1) is 9.54.